The predicted molar refractivity (Wildman–Crippen MR) is 89.1 cm³/mol. The van der Waals surface area contributed by atoms with Crippen LogP contribution in [0.5, 0.6) is 0 Å². The number of rotatable bonds is 3. The Bertz CT molecular complexity index is 883. The highest BCUT2D eigenvalue weighted by Crippen LogP contribution is 2.28. The molecule has 2 bridgehead atoms. The molecule has 2 aliphatic heterocycles. The first-order valence-electron chi connectivity index (χ1n) is 8.59. The molecule has 0 aliphatic carbocycles. The maximum Gasteiger partial charge on any atom is 0.471 e. The number of hydrogen-bond donors (Lipinski definition) is 2. The zero-order valence-corrected chi connectivity index (χ0v) is 14.2. The molecular formula is C17H17F3N4O3. The average Bonchev–Trinajstić information content (AvgIpc) is 3.15. The van der Waals surface area contributed by atoms with E-state index in [4.69, 9.17) is 4.42 Å². The predicted octanol–water partition coefficient (Wildman–Crippen LogP) is 2.15. The summed E-state index contributed by atoms with van der Waals surface area (Å²) in [6.07, 6.45) is -1.61. The molecule has 4 heterocycles. The summed E-state index contributed by atoms with van der Waals surface area (Å²) in [5, 5.41) is 4.97. The molecule has 7 nitrogen and oxygen atoms in total. The van der Waals surface area contributed by atoms with Crippen molar-refractivity contribution in [1.82, 2.24) is 15.2 Å². The Kier molecular flexibility index (Phi) is 4.29. The van der Waals surface area contributed by atoms with Gasteiger partial charge < -0.3 is 14.6 Å². The smallest absolute Gasteiger partial charge is 0.440 e. The van der Waals surface area contributed by atoms with Crippen molar-refractivity contribution in [1.29, 1.82) is 0 Å². The largest absolute Gasteiger partial charge is 0.471 e. The Morgan fingerprint density at radius 1 is 1.26 bits per heavy atom. The van der Waals surface area contributed by atoms with Crippen LogP contribution in [0.15, 0.2) is 22.7 Å². The van der Waals surface area contributed by atoms with Crippen molar-refractivity contribution in [2.75, 3.05) is 25.0 Å². The molecule has 27 heavy (non-hydrogen) atoms. The summed E-state index contributed by atoms with van der Waals surface area (Å²) in [7, 11) is 0. The fraction of sp³-hybridized carbons (Fsp3) is 0.471. The third kappa shape index (κ3) is 3.75. The maximum absolute atomic E-state index is 12.5. The van der Waals surface area contributed by atoms with Crippen LogP contribution in [0, 0.1) is 5.92 Å². The van der Waals surface area contributed by atoms with Gasteiger partial charge in [0.25, 0.3) is 5.91 Å². The molecule has 144 valence electrons. The molecule has 2 aromatic heterocycles. The van der Waals surface area contributed by atoms with Crippen LogP contribution in [0.3, 0.4) is 0 Å². The number of fused-ring (bicyclic) bond motifs is 3. The lowest BCUT2D eigenvalue weighted by Crippen LogP contribution is -2.47. The number of hydrogen-bond acceptors (Lipinski definition) is 5. The van der Waals surface area contributed by atoms with E-state index in [-0.39, 0.29) is 29.1 Å². The Hall–Kier alpha value is -2.62. The Balaban J connectivity index is 1.46. The van der Waals surface area contributed by atoms with Crippen molar-refractivity contribution >= 4 is 28.7 Å². The number of alkyl halides is 3. The van der Waals surface area contributed by atoms with E-state index in [0.29, 0.717) is 11.3 Å². The molecule has 0 saturated carbocycles. The molecule has 2 fully saturated rings. The average molecular weight is 382 g/mol. The number of amides is 2. The van der Waals surface area contributed by atoms with Gasteiger partial charge in [0, 0.05) is 42.8 Å². The number of nitrogens with zero attached hydrogens (tertiary/aromatic N) is 2. The zero-order valence-electron chi connectivity index (χ0n) is 14.2. The summed E-state index contributed by atoms with van der Waals surface area (Å²) in [6, 6.07) is 2.63. The lowest BCUT2D eigenvalue weighted by atomic mass is 9.97. The molecule has 2 amide bonds. The van der Waals surface area contributed by atoms with Gasteiger partial charge in [-0.3, -0.25) is 19.9 Å². The van der Waals surface area contributed by atoms with Crippen LogP contribution in [-0.2, 0) is 4.79 Å². The molecule has 3 atom stereocenters. The van der Waals surface area contributed by atoms with Gasteiger partial charge in [-0.25, -0.2) is 0 Å². The molecule has 3 unspecified atom stereocenters. The lowest BCUT2D eigenvalue weighted by Gasteiger charge is -2.30. The van der Waals surface area contributed by atoms with Gasteiger partial charge in [-0.2, -0.15) is 13.2 Å². The number of aromatic nitrogens is 1. The normalized spacial score (nSPS) is 24.8. The first kappa shape index (κ1) is 17.8. The van der Waals surface area contributed by atoms with E-state index in [1.807, 2.05) is 0 Å². The SMILES string of the molecule is O=C(NC1CC2CCN(C2)C1)c1cc2oc(NC(=O)C(F)(F)F)cc2cn1. The van der Waals surface area contributed by atoms with Crippen molar-refractivity contribution < 1.29 is 27.2 Å². The second-order valence-corrected chi connectivity index (χ2v) is 6.99. The second kappa shape index (κ2) is 6.52. The summed E-state index contributed by atoms with van der Waals surface area (Å²) in [5.41, 5.74) is 0.276. The first-order chi connectivity index (χ1) is 12.8. The minimum absolute atomic E-state index is 0.0504. The van der Waals surface area contributed by atoms with E-state index < -0.39 is 12.1 Å². The van der Waals surface area contributed by atoms with Gasteiger partial charge in [0.05, 0.1) is 0 Å². The van der Waals surface area contributed by atoms with Crippen LogP contribution < -0.4 is 10.6 Å². The van der Waals surface area contributed by atoms with Crippen LogP contribution in [0.4, 0.5) is 19.1 Å². The number of carbonyl (C=O) groups is 2. The number of nitrogens with one attached hydrogen (secondary N) is 2. The molecule has 0 radical (unpaired) electrons. The van der Waals surface area contributed by atoms with Crippen LogP contribution in [0.25, 0.3) is 11.0 Å². The summed E-state index contributed by atoms with van der Waals surface area (Å²) in [6.45, 7) is 2.94. The van der Waals surface area contributed by atoms with E-state index in [1.165, 1.54) is 18.3 Å². The van der Waals surface area contributed by atoms with Gasteiger partial charge in [0.15, 0.2) is 0 Å². The van der Waals surface area contributed by atoms with Gasteiger partial charge in [0.2, 0.25) is 5.88 Å². The van der Waals surface area contributed by atoms with Crippen LogP contribution >= 0.6 is 0 Å². The minimum Gasteiger partial charge on any atom is -0.440 e. The standard InChI is InChI=1S/C17H17F3N4O3/c18-17(19,20)16(26)23-14-4-10-6-21-12(5-13(10)27-14)15(25)22-11-3-9-1-2-24(7-9)8-11/h4-6,9,11H,1-3,7-8H2,(H,22,25)(H,23,26). The Morgan fingerprint density at radius 3 is 2.81 bits per heavy atom. The molecular weight excluding hydrogens is 365 g/mol. The number of halogens is 3. The summed E-state index contributed by atoms with van der Waals surface area (Å²) in [5.74, 6) is -2.25. The van der Waals surface area contributed by atoms with Gasteiger partial charge in [0.1, 0.15) is 11.3 Å². The molecule has 10 heteroatoms. The third-order valence-corrected chi connectivity index (χ3v) is 4.93. The molecule has 2 aliphatic rings. The Morgan fingerprint density at radius 2 is 2.07 bits per heavy atom. The van der Waals surface area contributed by atoms with E-state index >= 15 is 0 Å². The van der Waals surface area contributed by atoms with Gasteiger partial charge in [-0.1, -0.05) is 0 Å². The fourth-order valence-corrected chi connectivity index (χ4v) is 3.73. The highest BCUT2D eigenvalue weighted by atomic mass is 19.4. The third-order valence-electron chi connectivity index (χ3n) is 4.93. The topological polar surface area (TPSA) is 87.5 Å². The molecule has 2 aromatic rings. The van der Waals surface area contributed by atoms with E-state index in [2.05, 4.69) is 15.2 Å². The Labute approximate surface area is 151 Å². The van der Waals surface area contributed by atoms with Gasteiger partial charge in [-0.05, 0) is 25.3 Å². The number of piperidine rings is 1. The summed E-state index contributed by atoms with van der Waals surface area (Å²) < 4.78 is 42.2. The van der Waals surface area contributed by atoms with Crippen molar-refractivity contribution in [3.05, 3.63) is 24.0 Å². The zero-order chi connectivity index (χ0) is 19.2. The molecule has 4 rings (SSSR count). The van der Waals surface area contributed by atoms with Crippen molar-refractivity contribution in [2.45, 2.75) is 25.1 Å². The molecule has 2 N–H and O–H groups in total. The minimum atomic E-state index is -5.02. The maximum atomic E-state index is 12.5. The van der Waals surface area contributed by atoms with Gasteiger partial charge in [-0.15, -0.1) is 0 Å². The number of carbonyl (C=O) groups excluding carboxylic acids is 2. The monoisotopic (exact) mass is 382 g/mol. The molecule has 0 spiro atoms. The summed E-state index contributed by atoms with van der Waals surface area (Å²) in [4.78, 5) is 29.8. The summed E-state index contributed by atoms with van der Waals surface area (Å²) >= 11 is 0. The second-order valence-electron chi connectivity index (χ2n) is 6.99. The lowest BCUT2D eigenvalue weighted by molar-refractivity contribution is -0.167. The van der Waals surface area contributed by atoms with Crippen molar-refractivity contribution in [2.24, 2.45) is 5.92 Å². The van der Waals surface area contributed by atoms with E-state index in [1.54, 1.807) is 5.32 Å². The molecule has 0 aromatic carbocycles. The number of pyridine rings is 1. The van der Waals surface area contributed by atoms with Crippen molar-refractivity contribution in [3.8, 4) is 0 Å². The van der Waals surface area contributed by atoms with Crippen LogP contribution in [0.2, 0.25) is 0 Å². The quantitative estimate of drug-likeness (QED) is 0.850. The first-order valence-corrected chi connectivity index (χ1v) is 8.59. The van der Waals surface area contributed by atoms with Crippen LogP contribution in [-0.4, -0.2) is 53.6 Å². The molecule has 2 saturated heterocycles. The van der Waals surface area contributed by atoms with Crippen molar-refractivity contribution in [3.63, 3.8) is 0 Å². The number of anilines is 1. The fourth-order valence-electron chi connectivity index (χ4n) is 3.73. The highest BCUT2D eigenvalue weighted by molar-refractivity contribution is 5.98. The van der Waals surface area contributed by atoms with Crippen LogP contribution in [0.1, 0.15) is 23.3 Å². The number of furan rings is 1. The highest BCUT2D eigenvalue weighted by Gasteiger charge is 2.39. The van der Waals surface area contributed by atoms with E-state index in [9.17, 15) is 22.8 Å². The van der Waals surface area contributed by atoms with Gasteiger partial charge >= 0.3 is 12.1 Å². The van der Waals surface area contributed by atoms with E-state index in [0.717, 1.165) is 32.5 Å².